The maximum absolute atomic E-state index is 11.2. The number of hydrogen-bond donors (Lipinski definition) is 1. The molecule has 0 heterocycles. The average molecular weight is 216 g/mol. The Morgan fingerprint density at radius 3 is 2.33 bits per heavy atom. The van der Waals surface area contributed by atoms with Gasteiger partial charge >= 0.3 is 0 Å². The van der Waals surface area contributed by atoms with E-state index < -0.39 is 11.2 Å². The van der Waals surface area contributed by atoms with Crippen LogP contribution in [-0.4, -0.2) is 24.7 Å². The van der Waals surface area contributed by atoms with Crippen molar-refractivity contribution in [2.75, 3.05) is 6.61 Å². The van der Waals surface area contributed by atoms with E-state index in [4.69, 9.17) is 4.74 Å². The minimum atomic E-state index is -1.46. The van der Waals surface area contributed by atoms with E-state index in [1.807, 2.05) is 5.32 Å². The summed E-state index contributed by atoms with van der Waals surface area (Å²) < 4.78 is 5.05. The standard InChI is InChI=1S/C10H18NO4/c1-9(2,5-8(13)11-7-12)6-15-10(3,4)14/h7H,5-6H2,1-4H3,(H,11,12,13)/q-1. The molecule has 0 spiro atoms. The minimum Gasteiger partial charge on any atom is -0.829 e. The molecular formula is C10H18NO4-. The Morgan fingerprint density at radius 2 is 1.93 bits per heavy atom. The Morgan fingerprint density at radius 1 is 1.40 bits per heavy atom. The fraction of sp³-hybridized carbons (Fsp3) is 0.800. The van der Waals surface area contributed by atoms with Crippen LogP contribution in [0.15, 0.2) is 0 Å². The molecule has 15 heavy (non-hydrogen) atoms. The van der Waals surface area contributed by atoms with Gasteiger partial charge in [-0.25, -0.2) is 0 Å². The predicted molar refractivity (Wildman–Crippen MR) is 52.6 cm³/mol. The van der Waals surface area contributed by atoms with Gasteiger partial charge in [-0.05, 0) is 11.2 Å². The zero-order valence-corrected chi connectivity index (χ0v) is 9.62. The van der Waals surface area contributed by atoms with Crippen molar-refractivity contribution in [3.05, 3.63) is 0 Å². The number of carbonyl (C=O) groups excluding carboxylic acids is 2. The summed E-state index contributed by atoms with van der Waals surface area (Å²) in [5, 5.41) is 13.2. The third-order valence-electron chi connectivity index (χ3n) is 1.67. The molecule has 0 unspecified atom stereocenters. The largest absolute Gasteiger partial charge is 0.829 e. The van der Waals surface area contributed by atoms with Gasteiger partial charge in [0.1, 0.15) is 0 Å². The second-order valence-corrected chi connectivity index (χ2v) is 4.71. The Kier molecular flexibility index (Phi) is 4.90. The summed E-state index contributed by atoms with van der Waals surface area (Å²) in [7, 11) is 0. The quantitative estimate of drug-likeness (QED) is 0.492. The van der Waals surface area contributed by atoms with Gasteiger partial charge in [0, 0.05) is 6.42 Å². The Labute approximate surface area is 89.8 Å². The van der Waals surface area contributed by atoms with Crippen molar-refractivity contribution in [2.24, 2.45) is 5.41 Å². The highest BCUT2D eigenvalue weighted by Crippen LogP contribution is 2.22. The van der Waals surface area contributed by atoms with Gasteiger partial charge in [0.15, 0.2) is 0 Å². The van der Waals surface area contributed by atoms with Gasteiger partial charge < -0.3 is 9.84 Å². The summed E-state index contributed by atoms with van der Waals surface area (Å²) in [5.41, 5.74) is -0.464. The molecule has 2 amide bonds. The van der Waals surface area contributed by atoms with Crippen molar-refractivity contribution >= 4 is 12.3 Å². The highest BCUT2D eigenvalue weighted by Gasteiger charge is 2.23. The van der Waals surface area contributed by atoms with Gasteiger partial charge in [0.2, 0.25) is 12.3 Å². The van der Waals surface area contributed by atoms with Crippen molar-refractivity contribution in [2.45, 2.75) is 39.9 Å². The predicted octanol–water partition coefficient (Wildman–Crippen LogP) is -0.212. The number of carbonyl (C=O) groups is 2. The highest BCUT2D eigenvalue weighted by molar-refractivity contribution is 5.86. The molecule has 0 bridgehead atoms. The fourth-order valence-electron chi connectivity index (χ4n) is 0.972. The van der Waals surface area contributed by atoms with Gasteiger partial charge in [-0.1, -0.05) is 27.7 Å². The molecule has 5 heteroatoms. The van der Waals surface area contributed by atoms with Gasteiger partial charge in [-0.3, -0.25) is 14.9 Å². The normalized spacial score (nSPS) is 12.3. The summed E-state index contributed by atoms with van der Waals surface area (Å²) in [6, 6.07) is 0. The van der Waals surface area contributed by atoms with Crippen molar-refractivity contribution in [3.8, 4) is 0 Å². The van der Waals surface area contributed by atoms with Crippen LogP contribution in [0.5, 0.6) is 0 Å². The maximum atomic E-state index is 11.2. The number of ether oxygens (including phenoxy) is 1. The molecule has 88 valence electrons. The molecule has 0 fully saturated rings. The smallest absolute Gasteiger partial charge is 0.226 e. The first-order valence-electron chi connectivity index (χ1n) is 4.74. The van der Waals surface area contributed by atoms with Gasteiger partial charge in [-0.15, -0.1) is 0 Å². The maximum Gasteiger partial charge on any atom is 0.226 e. The Hall–Kier alpha value is -0.940. The van der Waals surface area contributed by atoms with Crippen LogP contribution >= 0.6 is 0 Å². The van der Waals surface area contributed by atoms with Crippen LogP contribution in [0.1, 0.15) is 34.1 Å². The van der Waals surface area contributed by atoms with Crippen molar-refractivity contribution in [1.29, 1.82) is 0 Å². The van der Waals surface area contributed by atoms with Crippen molar-refractivity contribution in [3.63, 3.8) is 0 Å². The zero-order chi connectivity index (χ0) is 12.1. The molecule has 0 radical (unpaired) electrons. The van der Waals surface area contributed by atoms with Crippen LogP contribution < -0.4 is 10.4 Å². The summed E-state index contributed by atoms with van der Waals surface area (Å²) in [6.45, 7) is 6.59. The molecule has 0 saturated carbocycles. The molecule has 5 nitrogen and oxygen atoms in total. The Balaban J connectivity index is 4.07. The van der Waals surface area contributed by atoms with Gasteiger partial charge in [0.05, 0.1) is 6.61 Å². The molecule has 0 atom stereocenters. The van der Waals surface area contributed by atoms with E-state index in [0.29, 0.717) is 6.41 Å². The summed E-state index contributed by atoms with van der Waals surface area (Å²) in [4.78, 5) is 21.1. The first kappa shape index (κ1) is 14.1. The SMILES string of the molecule is CC(C)(COC(C)(C)[O-])CC(=O)NC=O. The lowest BCUT2D eigenvalue weighted by molar-refractivity contribution is -0.544. The monoisotopic (exact) mass is 216 g/mol. The molecule has 0 aliphatic carbocycles. The number of rotatable bonds is 6. The second-order valence-electron chi connectivity index (χ2n) is 4.71. The molecular weight excluding hydrogens is 198 g/mol. The van der Waals surface area contributed by atoms with Crippen molar-refractivity contribution in [1.82, 2.24) is 5.32 Å². The molecule has 1 N–H and O–H groups in total. The lowest BCUT2D eigenvalue weighted by atomic mass is 9.90. The van der Waals surface area contributed by atoms with Gasteiger partial charge in [-0.2, -0.15) is 0 Å². The van der Waals surface area contributed by atoms with Crippen LogP contribution in [0.2, 0.25) is 0 Å². The average Bonchev–Trinajstić information content (AvgIpc) is 1.99. The van der Waals surface area contributed by atoms with E-state index >= 15 is 0 Å². The van der Waals surface area contributed by atoms with Crippen molar-refractivity contribution < 1.29 is 19.4 Å². The molecule has 0 aromatic heterocycles. The first-order chi connectivity index (χ1) is 6.66. The van der Waals surface area contributed by atoms with Gasteiger partial charge in [0.25, 0.3) is 0 Å². The third-order valence-corrected chi connectivity index (χ3v) is 1.67. The van der Waals surface area contributed by atoms with Crippen LogP contribution in [0, 0.1) is 5.41 Å². The van der Waals surface area contributed by atoms with Crippen LogP contribution in [-0.2, 0) is 14.3 Å². The molecule has 0 saturated heterocycles. The van der Waals surface area contributed by atoms with E-state index in [9.17, 15) is 14.7 Å². The lowest BCUT2D eigenvalue weighted by Crippen LogP contribution is -2.43. The first-order valence-corrected chi connectivity index (χ1v) is 4.74. The highest BCUT2D eigenvalue weighted by atomic mass is 16.6. The third kappa shape index (κ3) is 8.08. The number of nitrogens with one attached hydrogen (secondary N) is 1. The topological polar surface area (TPSA) is 78.5 Å². The summed E-state index contributed by atoms with van der Waals surface area (Å²) in [6.07, 6.45) is 0.485. The minimum absolute atomic E-state index is 0.141. The zero-order valence-electron chi connectivity index (χ0n) is 9.62. The van der Waals surface area contributed by atoms with Crippen LogP contribution in [0.25, 0.3) is 0 Å². The number of imide groups is 1. The van der Waals surface area contributed by atoms with E-state index in [1.165, 1.54) is 13.8 Å². The fourth-order valence-corrected chi connectivity index (χ4v) is 0.972. The molecule has 0 aliphatic rings. The van der Waals surface area contributed by atoms with E-state index in [-0.39, 0.29) is 18.9 Å². The Bertz CT molecular complexity index is 230. The van der Waals surface area contributed by atoms with E-state index in [0.717, 1.165) is 0 Å². The van der Waals surface area contributed by atoms with E-state index in [1.54, 1.807) is 13.8 Å². The molecule has 0 aromatic carbocycles. The molecule has 0 aromatic rings. The lowest BCUT2D eigenvalue weighted by Gasteiger charge is -2.36. The summed E-state index contributed by atoms with van der Waals surface area (Å²) in [5.74, 6) is -1.83. The number of hydrogen-bond acceptors (Lipinski definition) is 4. The van der Waals surface area contributed by atoms with Crippen LogP contribution in [0.4, 0.5) is 0 Å². The van der Waals surface area contributed by atoms with Crippen LogP contribution in [0.3, 0.4) is 0 Å². The molecule has 0 rings (SSSR count). The number of amides is 2. The van der Waals surface area contributed by atoms with E-state index in [2.05, 4.69) is 0 Å². The second kappa shape index (κ2) is 5.23. The molecule has 0 aliphatic heterocycles. The summed E-state index contributed by atoms with van der Waals surface area (Å²) >= 11 is 0.